The van der Waals surface area contributed by atoms with Gasteiger partial charge in [-0.2, -0.15) is 0 Å². The number of rotatable bonds is 3. The number of nitrogens with one attached hydrogen (secondary N) is 1. The number of aromatic nitrogens is 2. The lowest BCUT2D eigenvalue weighted by Gasteiger charge is -2.06. The maximum Gasteiger partial charge on any atom is 0.227 e. The van der Waals surface area contributed by atoms with Crippen LogP contribution in [0, 0.1) is 5.82 Å². The molecule has 0 unspecified atom stereocenters. The van der Waals surface area contributed by atoms with Gasteiger partial charge >= 0.3 is 0 Å². The second-order valence-electron chi connectivity index (χ2n) is 3.23. The van der Waals surface area contributed by atoms with Gasteiger partial charge in [0, 0.05) is 6.20 Å². The topological polar surface area (TPSA) is 63.8 Å². The van der Waals surface area contributed by atoms with Crippen molar-refractivity contribution < 1.29 is 4.39 Å². The van der Waals surface area contributed by atoms with Crippen LogP contribution in [0.4, 0.5) is 16.0 Å². The van der Waals surface area contributed by atoms with E-state index in [4.69, 9.17) is 18.0 Å². The fraction of sp³-hybridized carbons (Fsp3) is 0. The Kier molecular flexibility index (Phi) is 3.24. The van der Waals surface area contributed by atoms with E-state index in [2.05, 4.69) is 15.3 Å². The van der Waals surface area contributed by atoms with Crippen molar-refractivity contribution in [1.29, 1.82) is 0 Å². The van der Waals surface area contributed by atoms with Crippen LogP contribution in [0.3, 0.4) is 0 Å². The molecule has 0 saturated heterocycles. The third-order valence-electron chi connectivity index (χ3n) is 2.03. The Balaban J connectivity index is 2.28. The Morgan fingerprint density at radius 1 is 1.29 bits per heavy atom. The highest BCUT2D eigenvalue weighted by atomic mass is 32.1. The van der Waals surface area contributed by atoms with Gasteiger partial charge in [-0.3, -0.25) is 0 Å². The molecular weight excluding hydrogens is 239 g/mol. The quantitative estimate of drug-likeness (QED) is 0.813. The zero-order valence-electron chi connectivity index (χ0n) is 8.72. The van der Waals surface area contributed by atoms with Gasteiger partial charge in [0.1, 0.15) is 16.5 Å². The minimum atomic E-state index is -0.378. The number of anilines is 2. The first-order valence-electron chi connectivity index (χ1n) is 4.81. The van der Waals surface area contributed by atoms with Crippen molar-refractivity contribution in [2.75, 3.05) is 5.32 Å². The SMILES string of the molecule is NC(=S)c1ccnc(Nc2ccccc2F)n1. The molecule has 1 aromatic heterocycles. The summed E-state index contributed by atoms with van der Waals surface area (Å²) in [6.07, 6.45) is 1.50. The molecule has 0 spiro atoms. The second-order valence-corrected chi connectivity index (χ2v) is 3.67. The van der Waals surface area contributed by atoms with Gasteiger partial charge in [-0.05, 0) is 18.2 Å². The number of hydrogen-bond acceptors (Lipinski definition) is 4. The molecule has 0 saturated carbocycles. The highest BCUT2D eigenvalue weighted by molar-refractivity contribution is 7.80. The molecule has 86 valence electrons. The van der Waals surface area contributed by atoms with E-state index in [0.717, 1.165) is 0 Å². The number of nitrogens with two attached hydrogens (primary N) is 1. The summed E-state index contributed by atoms with van der Waals surface area (Å²) in [6, 6.07) is 7.84. The Labute approximate surface area is 103 Å². The molecule has 0 atom stereocenters. The molecular formula is C11H9FN4S. The summed E-state index contributed by atoms with van der Waals surface area (Å²) < 4.78 is 13.4. The van der Waals surface area contributed by atoms with Crippen LogP contribution >= 0.6 is 12.2 Å². The third kappa shape index (κ3) is 2.73. The number of para-hydroxylation sites is 1. The normalized spacial score (nSPS) is 9.94. The molecule has 1 aromatic carbocycles. The average molecular weight is 248 g/mol. The van der Waals surface area contributed by atoms with Gasteiger partial charge in [-0.25, -0.2) is 14.4 Å². The van der Waals surface area contributed by atoms with E-state index in [1.807, 2.05) is 0 Å². The summed E-state index contributed by atoms with van der Waals surface area (Å²) in [7, 11) is 0. The Hall–Kier alpha value is -2.08. The third-order valence-corrected chi connectivity index (χ3v) is 2.24. The molecule has 0 bridgehead atoms. The summed E-state index contributed by atoms with van der Waals surface area (Å²) in [5.74, 6) is -0.128. The molecule has 1 heterocycles. The van der Waals surface area contributed by atoms with E-state index in [1.54, 1.807) is 24.3 Å². The molecule has 3 N–H and O–H groups in total. The molecule has 4 nitrogen and oxygen atoms in total. The van der Waals surface area contributed by atoms with Crippen LogP contribution in [0.2, 0.25) is 0 Å². The Morgan fingerprint density at radius 2 is 2.06 bits per heavy atom. The number of benzene rings is 1. The number of thiocarbonyl (C=S) groups is 1. The van der Waals surface area contributed by atoms with Crippen molar-refractivity contribution in [3.63, 3.8) is 0 Å². The lowest BCUT2D eigenvalue weighted by molar-refractivity contribution is 0.631. The minimum Gasteiger partial charge on any atom is -0.388 e. The van der Waals surface area contributed by atoms with Crippen LogP contribution in [0.5, 0.6) is 0 Å². The van der Waals surface area contributed by atoms with E-state index in [-0.39, 0.29) is 16.8 Å². The van der Waals surface area contributed by atoms with Crippen LogP contribution in [0.25, 0.3) is 0 Å². The van der Waals surface area contributed by atoms with E-state index < -0.39 is 0 Å². The first kappa shape index (κ1) is 11.4. The minimum absolute atomic E-state index is 0.170. The average Bonchev–Trinajstić information content (AvgIpc) is 2.32. The molecule has 0 radical (unpaired) electrons. The van der Waals surface area contributed by atoms with Crippen LogP contribution in [-0.2, 0) is 0 Å². The first-order valence-corrected chi connectivity index (χ1v) is 5.22. The van der Waals surface area contributed by atoms with Crippen molar-refractivity contribution in [2.24, 2.45) is 5.73 Å². The largest absolute Gasteiger partial charge is 0.388 e. The van der Waals surface area contributed by atoms with Crippen molar-refractivity contribution >= 4 is 28.8 Å². The molecule has 0 aliphatic heterocycles. The zero-order valence-corrected chi connectivity index (χ0v) is 9.54. The van der Waals surface area contributed by atoms with E-state index in [0.29, 0.717) is 11.4 Å². The van der Waals surface area contributed by atoms with Crippen LogP contribution in [0.15, 0.2) is 36.5 Å². The lowest BCUT2D eigenvalue weighted by atomic mass is 10.3. The van der Waals surface area contributed by atoms with Crippen molar-refractivity contribution in [2.45, 2.75) is 0 Å². The molecule has 17 heavy (non-hydrogen) atoms. The van der Waals surface area contributed by atoms with Crippen LogP contribution in [0.1, 0.15) is 5.69 Å². The summed E-state index contributed by atoms with van der Waals surface area (Å²) in [5, 5.41) is 2.76. The number of halogens is 1. The predicted molar refractivity (Wildman–Crippen MR) is 67.6 cm³/mol. The molecule has 0 aliphatic rings. The number of hydrogen-bond donors (Lipinski definition) is 2. The van der Waals surface area contributed by atoms with Gasteiger partial charge in [0.25, 0.3) is 0 Å². The van der Waals surface area contributed by atoms with Crippen LogP contribution in [-0.4, -0.2) is 15.0 Å². The highest BCUT2D eigenvalue weighted by Gasteiger charge is 2.04. The molecule has 0 aliphatic carbocycles. The highest BCUT2D eigenvalue weighted by Crippen LogP contribution is 2.16. The van der Waals surface area contributed by atoms with Crippen molar-refractivity contribution in [3.05, 3.63) is 48.0 Å². The van der Waals surface area contributed by atoms with Gasteiger partial charge < -0.3 is 11.1 Å². The molecule has 6 heteroatoms. The zero-order chi connectivity index (χ0) is 12.3. The van der Waals surface area contributed by atoms with Crippen molar-refractivity contribution in [3.8, 4) is 0 Å². The first-order chi connectivity index (χ1) is 8.16. The summed E-state index contributed by atoms with van der Waals surface area (Å²) in [6.45, 7) is 0. The monoisotopic (exact) mass is 248 g/mol. The summed E-state index contributed by atoms with van der Waals surface area (Å²) >= 11 is 4.80. The Morgan fingerprint density at radius 3 is 2.76 bits per heavy atom. The molecule has 0 amide bonds. The fourth-order valence-corrected chi connectivity index (χ4v) is 1.35. The van der Waals surface area contributed by atoms with E-state index >= 15 is 0 Å². The van der Waals surface area contributed by atoms with Gasteiger partial charge in [0.15, 0.2) is 0 Å². The summed E-state index contributed by atoms with van der Waals surface area (Å²) in [5.41, 5.74) is 6.18. The number of nitrogens with zero attached hydrogens (tertiary/aromatic N) is 2. The lowest BCUT2D eigenvalue weighted by Crippen LogP contribution is -2.13. The Bertz CT molecular complexity index is 559. The van der Waals surface area contributed by atoms with E-state index in [9.17, 15) is 4.39 Å². The predicted octanol–water partition coefficient (Wildman–Crippen LogP) is 1.99. The van der Waals surface area contributed by atoms with Gasteiger partial charge in [0.05, 0.1) is 5.69 Å². The second kappa shape index (κ2) is 4.84. The maximum absolute atomic E-state index is 13.4. The van der Waals surface area contributed by atoms with Crippen molar-refractivity contribution in [1.82, 2.24) is 9.97 Å². The maximum atomic E-state index is 13.4. The summed E-state index contributed by atoms with van der Waals surface area (Å²) in [4.78, 5) is 8.18. The van der Waals surface area contributed by atoms with E-state index in [1.165, 1.54) is 12.3 Å². The molecule has 0 fully saturated rings. The van der Waals surface area contributed by atoms with Gasteiger partial charge in [0.2, 0.25) is 5.95 Å². The van der Waals surface area contributed by atoms with Crippen LogP contribution < -0.4 is 11.1 Å². The molecule has 2 rings (SSSR count). The smallest absolute Gasteiger partial charge is 0.227 e. The van der Waals surface area contributed by atoms with Gasteiger partial charge in [-0.1, -0.05) is 24.4 Å². The standard InChI is InChI=1S/C11H9FN4S/c12-7-3-1-2-4-8(7)15-11-14-6-5-9(16-11)10(13)17/h1-6H,(H2,13,17)(H,14,15,16). The fourth-order valence-electron chi connectivity index (χ4n) is 1.24. The molecule has 2 aromatic rings. The van der Waals surface area contributed by atoms with Gasteiger partial charge in [-0.15, -0.1) is 0 Å².